The lowest BCUT2D eigenvalue weighted by Gasteiger charge is -2.09. The Morgan fingerprint density at radius 1 is 1.39 bits per heavy atom. The van der Waals surface area contributed by atoms with Crippen molar-refractivity contribution in [1.82, 2.24) is 4.72 Å². The first-order valence-electron chi connectivity index (χ1n) is 6.10. The van der Waals surface area contributed by atoms with Gasteiger partial charge in [0, 0.05) is 18.0 Å². The molecule has 4 nitrogen and oxygen atoms in total. The lowest BCUT2D eigenvalue weighted by molar-refractivity contribution is 0.0967. The molecular weight excluding hydrogens is 250 g/mol. The Morgan fingerprint density at radius 3 is 2.61 bits per heavy atom. The molecule has 1 aliphatic carbocycles. The van der Waals surface area contributed by atoms with Crippen LogP contribution in [0.25, 0.3) is 0 Å². The summed E-state index contributed by atoms with van der Waals surface area (Å²) in [6.07, 6.45) is 1.84. The summed E-state index contributed by atoms with van der Waals surface area (Å²) in [5.74, 6) is 0.158. The number of benzene rings is 1. The van der Waals surface area contributed by atoms with E-state index in [1.807, 2.05) is 0 Å². The van der Waals surface area contributed by atoms with Gasteiger partial charge in [0.15, 0.2) is 5.78 Å². The molecule has 5 heteroatoms. The fourth-order valence-corrected chi connectivity index (χ4v) is 3.20. The van der Waals surface area contributed by atoms with Crippen molar-refractivity contribution in [2.75, 3.05) is 6.54 Å². The first kappa shape index (κ1) is 13.2. The second-order valence-corrected chi connectivity index (χ2v) is 6.36. The zero-order chi connectivity index (χ0) is 13.3. The highest BCUT2D eigenvalue weighted by molar-refractivity contribution is 7.89. The predicted octanol–water partition coefficient (Wildman–Crippen LogP) is 1.89. The second kappa shape index (κ2) is 4.82. The normalized spacial score (nSPS) is 15.7. The van der Waals surface area contributed by atoms with Crippen LogP contribution in [0, 0.1) is 12.8 Å². The molecule has 0 unspecified atom stereocenters. The number of ketones is 1. The number of rotatable bonds is 5. The van der Waals surface area contributed by atoms with Gasteiger partial charge in [-0.3, -0.25) is 4.79 Å². The van der Waals surface area contributed by atoms with Crippen molar-refractivity contribution in [3.8, 4) is 0 Å². The van der Waals surface area contributed by atoms with E-state index in [1.165, 1.54) is 6.07 Å². The Hall–Kier alpha value is -1.20. The van der Waals surface area contributed by atoms with E-state index in [1.54, 1.807) is 26.0 Å². The molecule has 98 valence electrons. The molecule has 1 saturated carbocycles. The van der Waals surface area contributed by atoms with Gasteiger partial charge in [0.2, 0.25) is 10.0 Å². The molecule has 0 aromatic heterocycles. The Bertz CT molecular complexity index is 574. The largest absolute Gasteiger partial charge is 0.294 e. The van der Waals surface area contributed by atoms with Crippen molar-refractivity contribution in [3.63, 3.8) is 0 Å². The number of nitrogens with one attached hydrogen (secondary N) is 1. The van der Waals surface area contributed by atoms with Gasteiger partial charge < -0.3 is 0 Å². The Labute approximate surface area is 107 Å². The number of hydrogen-bond acceptors (Lipinski definition) is 3. The summed E-state index contributed by atoms with van der Waals surface area (Å²) in [4.78, 5) is 12.1. The summed E-state index contributed by atoms with van der Waals surface area (Å²) in [7, 11) is -3.50. The molecule has 0 aliphatic heterocycles. The van der Waals surface area contributed by atoms with Crippen LogP contribution in [0.3, 0.4) is 0 Å². The van der Waals surface area contributed by atoms with Crippen LogP contribution in [0.2, 0.25) is 0 Å². The molecule has 1 aromatic rings. The average Bonchev–Trinajstić information content (AvgIpc) is 3.12. The van der Waals surface area contributed by atoms with Gasteiger partial charge in [0.25, 0.3) is 0 Å². The molecule has 1 fully saturated rings. The number of hydrogen-bond donors (Lipinski definition) is 1. The maximum Gasteiger partial charge on any atom is 0.240 e. The van der Waals surface area contributed by atoms with E-state index < -0.39 is 10.0 Å². The van der Waals surface area contributed by atoms with Gasteiger partial charge in [0.1, 0.15) is 0 Å². The molecule has 0 saturated heterocycles. The maximum atomic E-state index is 12.0. The lowest BCUT2D eigenvalue weighted by atomic mass is 10.1. The molecule has 0 radical (unpaired) electrons. The molecule has 1 aliphatic rings. The summed E-state index contributed by atoms with van der Waals surface area (Å²) in [5.41, 5.74) is 1.16. The third-order valence-corrected chi connectivity index (χ3v) is 4.73. The monoisotopic (exact) mass is 267 g/mol. The minimum absolute atomic E-state index is 0.0583. The molecule has 0 heterocycles. The van der Waals surface area contributed by atoms with Crippen molar-refractivity contribution in [3.05, 3.63) is 29.3 Å². The first-order chi connectivity index (χ1) is 8.45. The topological polar surface area (TPSA) is 63.2 Å². The lowest BCUT2D eigenvalue weighted by Crippen LogP contribution is -2.24. The zero-order valence-electron chi connectivity index (χ0n) is 10.6. The fraction of sp³-hybridized carbons (Fsp3) is 0.462. The van der Waals surface area contributed by atoms with Crippen LogP contribution in [0.15, 0.2) is 23.1 Å². The number of aryl methyl sites for hydroxylation is 1. The summed E-state index contributed by atoms with van der Waals surface area (Å²) >= 11 is 0. The molecular formula is C13H17NO3S. The fourth-order valence-electron chi connectivity index (χ4n) is 1.89. The molecule has 0 bridgehead atoms. The van der Waals surface area contributed by atoms with Gasteiger partial charge in [-0.25, -0.2) is 13.1 Å². The van der Waals surface area contributed by atoms with Gasteiger partial charge in [0.05, 0.1) is 4.90 Å². The Kier molecular flexibility index (Phi) is 3.54. The maximum absolute atomic E-state index is 12.0. The highest BCUT2D eigenvalue weighted by Gasteiger charge is 2.31. The van der Waals surface area contributed by atoms with Gasteiger partial charge >= 0.3 is 0 Å². The van der Waals surface area contributed by atoms with E-state index in [2.05, 4.69) is 4.72 Å². The van der Waals surface area contributed by atoms with E-state index in [4.69, 9.17) is 0 Å². The Balaban J connectivity index is 2.41. The van der Waals surface area contributed by atoms with Crippen LogP contribution in [0.4, 0.5) is 0 Å². The van der Waals surface area contributed by atoms with Crippen LogP contribution < -0.4 is 4.72 Å². The first-order valence-corrected chi connectivity index (χ1v) is 7.58. The molecule has 0 atom stereocenters. The molecule has 0 amide bonds. The summed E-state index contributed by atoms with van der Waals surface area (Å²) in [5, 5.41) is 0. The van der Waals surface area contributed by atoms with Crippen molar-refractivity contribution in [1.29, 1.82) is 0 Å². The highest BCUT2D eigenvalue weighted by Crippen LogP contribution is 2.33. The smallest absolute Gasteiger partial charge is 0.240 e. The third-order valence-electron chi connectivity index (χ3n) is 3.04. The zero-order valence-corrected chi connectivity index (χ0v) is 11.4. The van der Waals surface area contributed by atoms with Gasteiger partial charge in [-0.05, 0) is 31.4 Å². The quantitative estimate of drug-likeness (QED) is 0.829. The summed E-state index contributed by atoms with van der Waals surface area (Å²) in [6.45, 7) is 3.80. The van der Waals surface area contributed by atoms with Crippen molar-refractivity contribution in [2.45, 2.75) is 31.6 Å². The molecule has 2 rings (SSSR count). The van der Waals surface area contributed by atoms with Crippen LogP contribution >= 0.6 is 0 Å². The van der Waals surface area contributed by atoms with E-state index >= 15 is 0 Å². The minimum atomic E-state index is -3.50. The third kappa shape index (κ3) is 2.62. The highest BCUT2D eigenvalue weighted by atomic mass is 32.2. The second-order valence-electron chi connectivity index (χ2n) is 4.62. The minimum Gasteiger partial charge on any atom is -0.294 e. The predicted molar refractivity (Wildman–Crippen MR) is 69.1 cm³/mol. The van der Waals surface area contributed by atoms with Crippen LogP contribution in [0.1, 0.15) is 35.7 Å². The number of Topliss-reactive ketones (excluding diaryl/α,β-unsaturated/α-hetero) is 1. The van der Waals surface area contributed by atoms with E-state index in [9.17, 15) is 13.2 Å². The molecule has 1 aromatic carbocycles. The van der Waals surface area contributed by atoms with Crippen LogP contribution in [0.5, 0.6) is 0 Å². The Morgan fingerprint density at radius 2 is 2.06 bits per heavy atom. The van der Waals surface area contributed by atoms with Crippen molar-refractivity contribution < 1.29 is 13.2 Å². The van der Waals surface area contributed by atoms with E-state index in [0.29, 0.717) is 17.7 Å². The van der Waals surface area contributed by atoms with Gasteiger partial charge in [-0.1, -0.05) is 19.1 Å². The number of carbonyl (C=O) groups excluding carboxylic acids is 1. The number of carbonyl (C=O) groups is 1. The van der Waals surface area contributed by atoms with Crippen molar-refractivity contribution in [2.24, 2.45) is 5.92 Å². The van der Waals surface area contributed by atoms with E-state index in [-0.39, 0.29) is 16.6 Å². The number of sulfonamides is 1. The van der Waals surface area contributed by atoms with Gasteiger partial charge in [-0.15, -0.1) is 0 Å². The summed E-state index contributed by atoms with van der Waals surface area (Å²) < 4.78 is 26.4. The van der Waals surface area contributed by atoms with Gasteiger partial charge in [-0.2, -0.15) is 0 Å². The van der Waals surface area contributed by atoms with Crippen LogP contribution in [-0.2, 0) is 10.0 Å². The summed E-state index contributed by atoms with van der Waals surface area (Å²) in [6, 6.07) is 4.90. The van der Waals surface area contributed by atoms with Crippen LogP contribution in [-0.4, -0.2) is 20.7 Å². The van der Waals surface area contributed by atoms with Crippen molar-refractivity contribution >= 4 is 15.8 Å². The SMILES string of the molecule is CCNS(=O)(=O)c1cc(C(=O)C2CC2)ccc1C. The molecule has 1 N–H and O–H groups in total. The standard InChI is InChI=1S/C13H17NO3S/c1-3-14-18(16,17)12-8-11(5-4-9(12)2)13(15)10-6-7-10/h4-5,8,10,14H,3,6-7H2,1-2H3. The molecule has 18 heavy (non-hydrogen) atoms. The average molecular weight is 267 g/mol. The van der Waals surface area contributed by atoms with E-state index in [0.717, 1.165) is 12.8 Å². The molecule has 0 spiro atoms.